The number of carboxylic acids is 1. The predicted octanol–water partition coefficient (Wildman–Crippen LogP) is -0.176. The molecule has 2 heterocycles. The number of rotatable bonds is 6. The molecule has 1 saturated heterocycles. The zero-order chi connectivity index (χ0) is 14.8. The molecule has 2 N–H and O–H groups in total. The van der Waals surface area contributed by atoms with Gasteiger partial charge < -0.3 is 10.0 Å². The van der Waals surface area contributed by atoms with Gasteiger partial charge in [-0.25, -0.2) is 13.2 Å². The maximum absolute atomic E-state index is 12.3. The van der Waals surface area contributed by atoms with E-state index in [4.69, 9.17) is 5.11 Å². The zero-order valence-electron chi connectivity index (χ0n) is 11.2. The Morgan fingerprint density at radius 3 is 2.75 bits per heavy atom. The number of nitrogens with zero attached hydrogens (tertiary/aromatic N) is 3. The SMILES string of the molecule is CN(CCN1CCCC1)S(=O)(=O)c1[nH]ncc1C(=O)O. The molecule has 0 amide bonds. The molecule has 0 radical (unpaired) electrons. The fourth-order valence-electron chi connectivity index (χ4n) is 2.19. The molecule has 8 nitrogen and oxygen atoms in total. The van der Waals surface area contributed by atoms with E-state index >= 15 is 0 Å². The topological polar surface area (TPSA) is 107 Å². The summed E-state index contributed by atoms with van der Waals surface area (Å²) in [5.41, 5.74) is -0.335. The van der Waals surface area contributed by atoms with E-state index in [2.05, 4.69) is 15.1 Å². The van der Waals surface area contributed by atoms with Crippen molar-refractivity contribution >= 4 is 16.0 Å². The summed E-state index contributed by atoms with van der Waals surface area (Å²) in [5.74, 6) is -1.31. The van der Waals surface area contributed by atoms with Crippen LogP contribution in [0.25, 0.3) is 0 Å². The standard InChI is InChI=1S/C11H18N4O4S/c1-14(6-7-15-4-2-3-5-15)20(18,19)10-9(11(16)17)8-12-13-10/h8H,2-7H2,1H3,(H,12,13)(H,16,17). The summed E-state index contributed by atoms with van der Waals surface area (Å²) in [6.07, 6.45) is 3.28. The van der Waals surface area contributed by atoms with Crippen molar-refractivity contribution in [2.45, 2.75) is 17.9 Å². The van der Waals surface area contributed by atoms with E-state index in [-0.39, 0.29) is 10.6 Å². The molecule has 1 fully saturated rings. The third kappa shape index (κ3) is 3.00. The van der Waals surface area contributed by atoms with Gasteiger partial charge >= 0.3 is 5.97 Å². The summed E-state index contributed by atoms with van der Waals surface area (Å²) >= 11 is 0. The van der Waals surface area contributed by atoms with Crippen LogP contribution in [0.15, 0.2) is 11.2 Å². The molecule has 112 valence electrons. The Morgan fingerprint density at radius 2 is 2.15 bits per heavy atom. The Hall–Kier alpha value is -1.45. The van der Waals surface area contributed by atoms with Crippen LogP contribution in [0, 0.1) is 0 Å². The Morgan fingerprint density at radius 1 is 1.50 bits per heavy atom. The highest BCUT2D eigenvalue weighted by Crippen LogP contribution is 2.16. The predicted molar refractivity (Wildman–Crippen MR) is 71.0 cm³/mol. The fourth-order valence-corrected chi connectivity index (χ4v) is 3.41. The van der Waals surface area contributed by atoms with Crippen molar-refractivity contribution in [3.05, 3.63) is 11.8 Å². The molecule has 1 aromatic rings. The van der Waals surface area contributed by atoms with Crippen LogP contribution < -0.4 is 0 Å². The lowest BCUT2D eigenvalue weighted by molar-refractivity contribution is 0.0692. The number of nitrogens with one attached hydrogen (secondary N) is 1. The van der Waals surface area contributed by atoms with Crippen LogP contribution in [-0.4, -0.2) is 72.1 Å². The molecule has 0 unspecified atom stereocenters. The highest BCUT2D eigenvalue weighted by molar-refractivity contribution is 7.89. The minimum absolute atomic E-state index is 0.320. The Bertz CT molecular complexity index is 577. The van der Waals surface area contributed by atoms with Crippen LogP contribution in [0.3, 0.4) is 0 Å². The van der Waals surface area contributed by atoms with E-state index < -0.39 is 16.0 Å². The highest BCUT2D eigenvalue weighted by Gasteiger charge is 2.29. The number of aromatic amines is 1. The number of hydrogen-bond acceptors (Lipinski definition) is 5. The third-order valence-electron chi connectivity index (χ3n) is 3.43. The number of likely N-dealkylation sites (tertiary alicyclic amines) is 1. The Kier molecular flexibility index (Phi) is 4.41. The third-order valence-corrected chi connectivity index (χ3v) is 5.26. The largest absolute Gasteiger partial charge is 0.478 e. The van der Waals surface area contributed by atoms with Gasteiger partial charge in [-0.15, -0.1) is 0 Å². The average Bonchev–Trinajstić information content (AvgIpc) is 3.06. The van der Waals surface area contributed by atoms with Gasteiger partial charge in [-0.2, -0.15) is 9.40 Å². The van der Waals surface area contributed by atoms with Gasteiger partial charge in [0.1, 0.15) is 5.56 Å². The van der Waals surface area contributed by atoms with E-state index in [1.165, 1.54) is 7.05 Å². The number of aromatic nitrogens is 2. The number of carboxylic acid groups (broad SMARTS) is 1. The van der Waals surface area contributed by atoms with Crippen LogP contribution >= 0.6 is 0 Å². The van der Waals surface area contributed by atoms with Crippen molar-refractivity contribution < 1.29 is 18.3 Å². The summed E-state index contributed by atoms with van der Waals surface area (Å²) in [5, 5.41) is 14.4. The molecule has 1 aliphatic heterocycles. The molecule has 0 atom stereocenters. The first-order chi connectivity index (χ1) is 9.43. The highest BCUT2D eigenvalue weighted by atomic mass is 32.2. The second-order valence-corrected chi connectivity index (χ2v) is 6.78. The van der Waals surface area contributed by atoms with Crippen molar-refractivity contribution in [2.75, 3.05) is 33.2 Å². The van der Waals surface area contributed by atoms with Gasteiger partial charge in [0.25, 0.3) is 10.0 Å². The molecular formula is C11H18N4O4S. The van der Waals surface area contributed by atoms with Gasteiger partial charge in [-0.05, 0) is 25.9 Å². The second-order valence-electron chi connectivity index (χ2n) is 4.79. The van der Waals surface area contributed by atoms with Crippen molar-refractivity contribution in [1.29, 1.82) is 0 Å². The molecular weight excluding hydrogens is 284 g/mol. The Balaban J connectivity index is 2.08. The number of likely N-dealkylation sites (N-methyl/N-ethyl adjacent to an activating group) is 1. The summed E-state index contributed by atoms with van der Waals surface area (Å²) in [7, 11) is -2.41. The minimum atomic E-state index is -3.86. The van der Waals surface area contributed by atoms with Crippen LogP contribution in [0.1, 0.15) is 23.2 Å². The van der Waals surface area contributed by atoms with Crippen molar-refractivity contribution in [3.63, 3.8) is 0 Å². The van der Waals surface area contributed by atoms with Crippen LogP contribution in [-0.2, 0) is 10.0 Å². The van der Waals surface area contributed by atoms with Crippen molar-refractivity contribution in [2.24, 2.45) is 0 Å². The van der Waals surface area contributed by atoms with Crippen molar-refractivity contribution in [3.8, 4) is 0 Å². The molecule has 1 aromatic heterocycles. The number of carbonyl (C=O) groups is 1. The van der Waals surface area contributed by atoms with Gasteiger partial charge in [0.2, 0.25) is 0 Å². The first-order valence-electron chi connectivity index (χ1n) is 6.38. The van der Waals surface area contributed by atoms with E-state index in [1.54, 1.807) is 0 Å². The molecule has 0 aliphatic carbocycles. The van der Waals surface area contributed by atoms with Gasteiger partial charge in [0.15, 0.2) is 5.03 Å². The summed E-state index contributed by atoms with van der Waals surface area (Å²) in [4.78, 5) is 13.2. The van der Waals surface area contributed by atoms with Crippen LogP contribution in [0.2, 0.25) is 0 Å². The number of hydrogen-bond donors (Lipinski definition) is 2. The summed E-state index contributed by atoms with van der Waals surface area (Å²) < 4.78 is 25.8. The minimum Gasteiger partial charge on any atom is -0.478 e. The number of sulfonamides is 1. The quantitative estimate of drug-likeness (QED) is 0.755. The van der Waals surface area contributed by atoms with E-state index in [9.17, 15) is 13.2 Å². The normalized spacial score (nSPS) is 16.9. The van der Waals surface area contributed by atoms with Gasteiger partial charge in [0.05, 0.1) is 6.20 Å². The lowest BCUT2D eigenvalue weighted by Crippen LogP contribution is -2.35. The van der Waals surface area contributed by atoms with Crippen molar-refractivity contribution in [1.82, 2.24) is 19.4 Å². The molecule has 1 aliphatic rings. The fraction of sp³-hybridized carbons (Fsp3) is 0.636. The molecule has 2 rings (SSSR count). The lowest BCUT2D eigenvalue weighted by Gasteiger charge is -2.20. The summed E-state index contributed by atoms with van der Waals surface area (Å²) in [6.45, 7) is 2.93. The van der Waals surface area contributed by atoms with E-state index in [0.29, 0.717) is 13.1 Å². The molecule has 0 saturated carbocycles. The van der Waals surface area contributed by atoms with Crippen LogP contribution in [0.5, 0.6) is 0 Å². The average molecular weight is 302 g/mol. The van der Waals surface area contributed by atoms with Gasteiger partial charge in [-0.1, -0.05) is 0 Å². The van der Waals surface area contributed by atoms with E-state index in [0.717, 1.165) is 36.4 Å². The monoisotopic (exact) mass is 302 g/mol. The van der Waals surface area contributed by atoms with Gasteiger partial charge in [0, 0.05) is 20.1 Å². The maximum atomic E-state index is 12.3. The number of aromatic carboxylic acids is 1. The molecule has 0 spiro atoms. The first kappa shape index (κ1) is 14.9. The summed E-state index contributed by atoms with van der Waals surface area (Å²) in [6, 6.07) is 0. The Labute approximate surface area is 117 Å². The molecule has 9 heteroatoms. The maximum Gasteiger partial charge on any atom is 0.340 e. The molecule has 0 bridgehead atoms. The van der Waals surface area contributed by atoms with E-state index in [1.807, 2.05) is 0 Å². The number of H-pyrrole nitrogens is 1. The first-order valence-corrected chi connectivity index (χ1v) is 7.82. The lowest BCUT2D eigenvalue weighted by atomic mass is 10.4. The van der Waals surface area contributed by atoms with Crippen LogP contribution in [0.4, 0.5) is 0 Å². The zero-order valence-corrected chi connectivity index (χ0v) is 12.1. The van der Waals surface area contributed by atoms with Gasteiger partial charge in [-0.3, -0.25) is 5.10 Å². The smallest absolute Gasteiger partial charge is 0.340 e. The molecule has 0 aromatic carbocycles. The molecule has 20 heavy (non-hydrogen) atoms. The second kappa shape index (κ2) is 5.90.